The molecule has 4 fully saturated rings. The first-order valence-electron chi connectivity index (χ1n) is 17.2. The van der Waals surface area contributed by atoms with Crippen LogP contribution in [0.1, 0.15) is 146 Å². The number of hydrogen-bond acceptors (Lipinski definition) is 2. The summed E-state index contributed by atoms with van der Waals surface area (Å²) in [6.45, 7) is 21.0. The molecular formula is C37H66N2. The Hall–Kier alpha value is -1.10. The number of fused-ring (bicyclic) bond motifs is 5. The maximum absolute atomic E-state index is 8.25. The third kappa shape index (κ3) is 7.41. The molecule has 4 saturated carbocycles. The number of allylic oxidation sites excluding steroid dienone is 2. The Balaban J connectivity index is 0.000000460. The zero-order valence-corrected chi connectivity index (χ0v) is 27.9. The van der Waals surface area contributed by atoms with Crippen LogP contribution in [0, 0.1) is 69.5 Å². The number of nitrogens with zero attached hydrogens (tertiary/aromatic N) is 2. The molecule has 4 aliphatic carbocycles. The Morgan fingerprint density at radius 1 is 1.00 bits per heavy atom. The lowest BCUT2D eigenvalue weighted by Gasteiger charge is -2.58. The van der Waals surface area contributed by atoms with Gasteiger partial charge in [0, 0.05) is 13.3 Å². The predicted octanol–water partition coefficient (Wildman–Crippen LogP) is 11.3. The van der Waals surface area contributed by atoms with E-state index in [9.17, 15) is 0 Å². The topological polar surface area (TPSA) is 36.1 Å². The quantitative estimate of drug-likeness (QED) is 0.234. The first kappa shape index (κ1) is 34.1. The third-order valence-corrected chi connectivity index (χ3v) is 12.2. The highest BCUT2D eigenvalue weighted by molar-refractivity contribution is 5.83. The zero-order chi connectivity index (χ0) is 29.2. The largest absolute Gasteiger partial charge is 0.295 e. The van der Waals surface area contributed by atoms with Crippen LogP contribution >= 0.6 is 0 Å². The lowest BCUT2D eigenvalue weighted by atomic mass is 9.47. The van der Waals surface area contributed by atoms with Crippen LogP contribution in [0.3, 0.4) is 0 Å². The van der Waals surface area contributed by atoms with E-state index in [2.05, 4.69) is 46.5 Å². The van der Waals surface area contributed by atoms with E-state index in [1.807, 2.05) is 19.9 Å². The first-order valence-corrected chi connectivity index (χ1v) is 17.2. The summed E-state index contributed by atoms with van der Waals surface area (Å²) in [5.74, 6) is 8.27. The molecule has 39 heavy (non-hydrogen) atoms. The van der Waals surface area contributed by atoms with Crippen molar-refractivity contribution in [2.45, 2.75) is 146 Å². The fraction of sp³-hybridized carbons (Fsp3) is 0.892. The average molecular weight is 539 g/mol. The molecular weight excluding hydrogens is 472 g/mol. The molecule has 4 aliphatic rings. The van der Waals surface area contributed by atoms with Crippen LogP contribution in [0.4, 0.5) is 0 Å². The highest BCUT2D eigenvalue weighted by Crippen LogP contribution is 2.67. The molecule has 2 nitrogen and oxygen atoms in total. The molecule has 0 heterocycles. The maximum Gasteiger partial charge on any atom is 0.100 e. The monoisotopic (exact) mass is 539 g/mol. The van der Waals surface area contributed by atoms with E-state index < -0.39 is 0 Å². The Labute approximate surface area is 244 Å². The smallest absolute Gasteiger partial charge is 0.100 e. The second-order valence-electron chi connectivity index (χ2n) is 14.1. The Morgan fingerprint density at radius 3 is 2.15 bits per heavy atom. The van der Waals surface area contributed by atoms with Gasteiger partial charge in [0.05, 0.1) is 5.57 Å². The van der Waals surface area contributed by atoms with Crippen molar-refractivity contribution in [1.82, 2.24) is 0 Å². The fourth-order valence-corrected chi connectivity index (χ4v) is 10.9. The van der Waals surface area contributed by atoms with Gasteiger partial charge in [0.1, 0.15) is 6.07 Å². The van der Waals surface area contributed by atoms with Crippen molar-refractivity contribution in [1.29, 1.82) is 5.26 Å². The highest BCUT2D eigenvalue weighted by Gasteiger charge is 2.60. The van der Waals surface area contributed by atoms with Crippen molar-refractivity contribution < 1.29 is 0 Å². The van der Waals surface area contributed by atoms with Gasteiger partial charge in [-0.05, 0) is 129 Å². The van der Waals surface area contributed by atoms with Gasteiger partial charge in [0.2, 0.25) is 0 Å². The van der Waals surface area contributed by atoms with Crippen molar-refractivity contribution in [3.05, 3.63) is 11.6 Å². The van der Waals surface area contributed by atoms with E-state index in [-0.39, 0.29) is 0 Å². The zero-order valence-electron chi connectivity index (χ0n) is 27.9. The van der Waals surface area contributed by atoms with E-state index in [0.29, 0.717) is 11.0 Å². The van der Waals surface area contributed by atoms with Gasteiger partial charge in [-0.2, -0.15) is 5.26 Å². The second kappa shape index (κ2) is 15.8. The number of aliphatic imine (C=N–C) groups is 1. The minimum absolute atomic E-state index is 0.604. The van der Waals surface area contributed by atoms with E-state index in [1.54, 1.807) is 71.4 Å². The lowest BCUT2D eigenvalue weighted by Crippen LogP contribution is -2.50. The van der Waals surface area contributed by atoms with Crippen molar-refractivity contribution >= 4 is 6.21 Å². The van der Waals surface area contributed by atoms with E-state index in [0.717, 1.165) is 52.8 Å². The number of rotatable bonds is 7. The molecule has 224 valence electrons. The third-order valence-electron chi connectivity index (χ3n) is 12.2. The molecule has 0 amide bonds. The molecule has 9 atom stereocenters. The standard InChI is InChI=1S/C29H52.C6H8N2.C2H6/c1-7-14-29(15-8-2)17-13-23-22(19-29)10-11-25-24(23)12-16-28(6)26(25)18-21(5)27(28)20(4)9-3;1-3-6(4-7)5-8-2;1-2/h20-27H,7-19H2,1-6H3;3,5H,1-2H3;1-2H3/b;6-3-,8-5?;/t20?,21-,22?,23?,24?,25?,26?,27+,28?;;/m1../s1. The SMILES string of the molecule is C/C=C(/C#N)C=NC.CC.CCCC1(CCC)CCC2C(CCC3C2CCC2(C)C3C[C@@H](C)[C@@H]2C(C)CC)C1. The normalized spacial score (nSPS) is 37.7. The Bertz CT molecular complexity index is 812. The molecule has 0 saturated heterocycles. The van der Waals surface area contributed by atoms with Crippen molar-refractivity contribution in [2.24, 2.45) is 63.2 Å². The Morgan fingerprint density at radius 2 is 1.64 bits per heavy atom. The van der Waals surface area contributed by atoms with Gasteiger partial charge in [-0.1, -0.05) is 80.7 Å². The van der Waals surface area contributed by atoms with Crippen molar-refractivity contribution in [3.8, 4) is 6.07 Å². The van der Waals surface area contributed by atoms with Crippen LogP contribution in [0.25, 0.3) is 0 Å². The van der Waals surface area contributed by atoms with Gasteiger partial charge in [-0.25, -0.2) is 0 Å². The predicted molar refractivity (Wildman–Crippen MR) is 172 cm³/mol. The summed E-state index contributed by atoms with van der Waals surface area (Å²) in [7, 11) is 1.64. The molecule has 0 spiro atoms. The van der Waals surface area contributed by atoms with Crippen LogP contribution in [0.15, 0.2) is 16.6 Å². The fourth-order valence-electron chi connectivity index (χ4n) is 10.9. The Kier molecular flexibility index (Phi) is 13.8. The molecule has 0 aromatic rings. The summed E-state index contributed by atoms with van der Waals surface area (Å²) in [6.07, 6.45) is 23.0. The molecule has 0 aromatic carbocycles. The summed E-state index contributed by atoms with van der Waals surface area (Å²) in [5, 5.41) is 8.25. The summed E-state index contributed by atoms with van der Waals surface area (Å²) in [4.78, 5) is 3.66. The van der Waals surface area contributed by atoms with Crippen LogP contribution in [-0.2, 0) is 0 Å². The van der Waals surface area contributed by atoms with Crippen molar-refractivity contribution in [3.63, 3.8) is 0 Å². The van der Waals surface area contributed by atoms with Crippen molar-refractivity contribution in [2.75, 3.05) is 7.05 Å². The average Bonchev–Trinajstić information content (AvgIpc) is 3.22. The maximum atomic E-state index is 8.25. The second-order valence-corrected chi connectivity index (χ2v) is 14.1. The van der Waals surface area contributed by atoms with Crippen LogP contribution in [0.2, 0.25) is 0 Å². The molecule has 0 bridgehead atoms. The van der Waals surface area contributed by atoms with E-state index in [4.69, 9.17) is 5.26 Å². The summed E-state index contributed by atoms with van der Waals surface area (Å²) >= 11 is 0. The molecule has 7 unspecified atom stereocenters. The van der Waals surface area contributed by atoms with Gasteiger partial charge >= 0.3 is 0 Å². The summed E-state index contributed by atoms with van der Waals surface area (Å²) in [6, 6.07) is 1.96. The van der Waals surface area contributed by atoms with Crippen LogP contribution in [-0.4, -0.2) is 13.3 Å². The van der Waals surface area contributed by atoms with Gasteiger partial charge < -0.3 is 0 Å². The summed E-state index contributed by atoms with van der Waals surface area (Å²) in [5.41, 5.74) is 1.99. The summed E-state index contributed by atoms with van der Waals surface area (Å²) < 4.78 is 0. The minimum Gasteiger partial charge on any atom is -0.295 e. The van der Waals surface area contributed by atoms with Gasteiger partial charge in [0.25, 0.3) is 0 Å². The van der Waals surface area contributed by atoms with Crippen LogP contribution in [0.5, 0.6) is 0 Å². The lowest BCUT2D eigenvalue weighted by molar-refractivity contribution is -0.0876. The highest BCUT2D eigenvalue weighted by atomic mass is 14.6. The molecule has 0 aliphatic heterocycles. The molecule has 2 heteroatoms. The van der Waals surface area contributed by atoms with E-state index in [1.165, 1.54) is 38.3 Å². The van der Waals surface area contributed by atoms with Crippen LogP contribution < -0.4 is 0 Å². The molecule has 0 N–H and O–H groups in total. The number of hydrogen-bond donors (Lipinski definition) is 0. The molecule has 0 radical (unpaired) electrons. The minimum atomic E-state index is 0.604. The molecule has 0 aromatic heterocycles. The van der Waals surface area contributed by atoms with E-state index >= 15 is 0 Å². The first-order chi connectivity index (χ1) is 18.7. The number of nitriles is 1. The molecule has 4 rings (SSSR count). The van der Waals surface area contributed by atoms with Gasteiger partial charge in [-0.3, -0.25) is 4.99 Å². The van der Waals surface area contributed by atoms with Gasteiger partial charge in [0.15, 0.2) is 0 Å². The van der Waals surface area contributed by atoms with Gasteiger partial charge in [-0.15, -0.1) is 0 Å².